The van der Waals surface area contributed by atoms with Crippen LogP contribution in [0.15, 0.2) is 0 Å². The zero-order valence-electron chi connectivity index (χ0n) is 10.0. The number of carbonyl (C=O) groups is 1. The number of fused-ring (bicyclic) bond motifs is 5. The molecule has 0 spiro atoms. The van der Waals surface area contributed by atoms with Gasteiger partial charge in [0.15, 0.2) is 0 Å². The summed E-state index contributed by atoms with van der Waals surface area (Å²) in [6.45, 7) is 3.58. The highest BCUT2D eigenvalue weighted by atomic mass is 16.1. The van der Waals surface area contributed by atoms with Gasteiger partial charge in [-0.3, -0.25) is 4.79 Å². The molecule has 2 bridgehead atoms. The molecule has 3 saturated carbocycles. The second-order valence-corrected chi connectivity index (χ2v) is 5.67. The molecule has 0 aliphatic heterocycles. The second-order valence-electron chi connectivity index (χ2n) is 5.67. The summed E-state index contributed by atoms with van der Waals surface area (Å²) in [4.78, 5) is 11.3. The van der Waals surface area contributed by atoms with E-state index < -0.39 is 0 Å². The van der Waals surface area contributed by atoms with Gasteiger partial charge in [0, 0.05) is 25.6 Å². The van der Waals surface area contributed by atoms with Gasteiger partial charge in [-0.15, -0.1) is 0 Å². The SMILES string of the molecule is CCNC(=O)CCNC1C2C3CCC(C3)C12. The predicted molar refractivity (Wildman–Crippen MR) is 62.9 cm³/mol. The first-order valence-corrected chi connectivity index (χ1v) is 6.81. The smallest absolute Gasteiger partial charge is 0.221 e. The van der Waals surface area contributed by atoms with Gasteiger partial charge >= 0.3 is 0 Å². The number of carbonyl (C=O) groups excluding carboxylic acids is 1. The second kappa shape index (κ2) is 4.02. The van der Waals surface area contributed by atoms with Gasteiger partial charge in [0.1, 0.15) is 0 Å². The topological polar surface area (TPSA) is 41.1 Å². The minimum Gasteiger partial charge on any atom is -0.356 e. The Morgan fingerprint density at radius 3 is 2.56 bits per heavy atom. The van der Waals surface area contributed by atoms with Crippen LogP contribution < -0.4 is 10.6 Å². The number of hydrogen-bond donors (Lipinski definition) is 2. The molecule has 0 heterocycles. The first-order chi connectivity index (χ1) is 7.81. The van der Waals surface area contributed by atoms with Crippen molar-refractivity contribution in [1.29, 1.82) is 0 Å². The third-order valence-electron chi connectivity index (χ3n) is 4.84. The molecular weight excluding hydrogens is 200 g/mol. The fourth-order valence-corrected chi connectivity index (χ4v) is 4.24. The molecular formula is C13H22N2O. The van der Waals surface area contributed by atoms with E-state index in [9.17, 15) is 4.79 Å². The van der Waals surface area contributed by atoms with Gasteiger partial charge in [0.2, 0.25) is 5.91 Å². The van der Waals surface area contributed by atoms with Gasteiger partial charge in [-0.2, -0.15) is 0 Å². The van der Waals surface area contributed by atoms with Crippen LogP contribution in [-0.2, 0) is 4.79 Å². The molecule has 3 rings (SSSR count). The Morgan fingerprint density at radius 2 is 1.94 bits per heavy atom. The Hall–Kier alpha value is -0.570. The van der Waals surface area contributed by atoms with E-state index in [2.05, 4.69) is 10.6 Å². The molecule has 3 heteroatoms. The van der Waals surface area contributed by atoms with Crippen LogP contribution in [0.2, 0.25) is 0 Å². The van der Waals surface area contributed by atoms with Crippen LogP contribution in [-0.4, -0.2) is 25.0 Å². The molecule has 90 valence electrons. The van der Waals surface area contributed by atoms with E-state index in [-0.39, 0.29) is 5.91 Å². The van der Waals surface area contributed by atoms with E-state index >= 15 is 0 Å². The van der Waals surface area contributed by atoms with Crippen molar-refractivity contribution in [2.75, 3.05) is 13.1 Å². The molecule has 4 unspecified atom stereocenters. The lowest BCUT2D eigenvalue weighted by molar-refractivity contribution is -0.120. The van der Waals surface area contributed by atoms with Crippen LogP contribution in [0.5, 0.6) is 0 Å². The van der Waals surface area contributed by atoms with E-state index in [1.807, 2.05) is 6.92 Å². The van der Waals surface area contributed by atoms with Crippen molar-refractivity contribution in [2.45, 2.75) is 38.6 Å². The highest BCUT2D eigenvalue weighted by Crippen LogP contribution is 2.65. The largest absolute Gasteiger partial charge is 0.356 e. The minimum absolute atomic E-state index is 0.184. The number of rotatable bonds is 5. The molecule has 3 fully saturated rings. The van der Waals surface area contributed by atoms with Crippen molar-refractivity contribution in [2.24, 2.45) is 23.7 Å². The summed E-state index contributed by atoms with van der Waals surface area (Å²) in [6, 6.07) is 0.765. The van der Waals surface area contributed by atoms with Crippen molar-refractivity contribution in [3.63, 3.8) is 0 Å². The maximum Gasteiger partial charge on any atom is 0.221 e. The summed E-state index contributed by atoms with van der Waals surface area (Å²) in [5.74, 6) is 4.19. The third kappa shape index (κ3) is 1.65. The fourth-order valence-electron chi connectivity index (χ4n) is 4.24. The Morgan fingerprint density at radius 1 is 1.25 bits per heavy atom. The maximum absolute atomic E-state index is 11.3. The maximum atomic E-state index is 11.3. The summed E-state index contributed by atoms with van der Waals surface area (Å²) < 4.78 is 0. The zero-order chi connectivity index (χ0) is 11.1. The molecule has 0 aromatic heterocycles. The average molecular weight is 222 g/mol. The summed E-state index contributed by atoms with van der Waals surface area (Å²) >= 11 is 0. The zero-order valence-corrected chi connectivity index (χ0v) is 10.0. The normalized spacial score (nSPS) is 43.2. The molecule has 0 radical (unpaired) electrons. The van der Waals surface area contributed by atoms with Crippen LogP contribution >= 0.6 is 0 Å². The summed E-state index contributed by atoms with van der Waals surface area (Å²) in [5, 5.41) is 6.43. The molecule has 0 aromatic carbocycles. The van der Waals surface area contributed by atoms with E-state index in [0.29, 0.717) is 6.42 Å². The van der Waals surface area contributed by atoms with Gasteiger partial charge in [0.25, 0.3) is 0 Å². The Balaban J connectivity index is 1.38. The van der Waals surface area contributed by atoms with Crippen LogP contribution in [0.3, 0.4) is 0 Å². The van der Waals surface area contributed by atoms with Gasteiger partial charge in [-0.1, -0.05) is 0 Å². The van der Waals surface area contributed by atoms with Crippen LogP contribution in [0.25, 0.3) is 0 Å². The monoisotopic (exact) mass is 222 g/mol. The number of nitrogens with one attached hydrogen (secondary N) is 2. The highest BCUT2D eigenvalue weighted by Gasteiger charge is 2.64. The van der Waals surface area contributed by atoms with Crippen molar-refractivity contribution in [1.82, 2.24) is 10.6 Å². The lowest BCUT2D eigenvalue weighted by Gasteiger charge is -2.10. The number of amides is 1. The van der Waals surface area contributed by atoms with Gasteiger partial charge in [0.05, 0.1) is 0 Å². The van der Waals surface area contributed by atoms with Crippen LogP contribution in [0.4, 0.5) is 0 Å². The highest BCUT2D eigenvalue weighted by molar-refractivity contribution is 5.75. The first-order valence-electron chi connectivity index (χ1n) is 6.81. The van der Waals surface area contributed by atoms with Gasteiger partial charge in [-0.25, -0.2) is 0 Å². The lowest BCUT2D eigenvalue weighted by atomic mass is 10.0. The van der Waals surface area contributed by atoms with Crippen molar-refractivity contribution in [3.05, 3.63) is 0 Å². The summed E-state index contributed by atoms with van der Waals surface area (Å²) in [6.07, 6.45) is 5.09. The molecule has 1 amide bonds. The van der Waals surface area contributed by atoms with E-state index in [0.717, 1.165) is 42.8 Å². The predicted octanol–water partition coefficient (Wildman–Crippen LogP) is 1.15. The van der Waals surface area contributed by atoms with E-state index in [1.54, 1.807) is 0 Å². The summed E-state index contributed by atoms with van der Waals surface area (Å²) in [7, 11) is 0. The Labute approximate surface area is 97.4 Å². The quantitative estimate of drug-likeness (QED) is 0.732. The van der Waals surface area contributed by atoms with Gasteiger partial charge < -0.3 is 10.6 Å². The van der Waals surface area contributed by atoms with Gasteiger partial charge in [-0.05, 0) is 49.9 Å². The molecule has 16 heavy (non-hydrogen) atoms. The molecule has 4 atom stereocenters. The molecule has 2 N–H and O–H groups in total. The van der Waals surface area contributed by atoms with Crippen molar-refractivity contribution < 1.29 is 4.79 Å². The lowest BCUT2D eigenvalue weighted by Crippen LogP contribution is -2.30. The van der Waals surface area contributed by atoms with Crippen LogP contribution in [0, 0.1) is 23.7 Å². The van der Waals surface area contributed by atoms with Crippen molar-refractivity contribution >= 4 is 5.91 Å². The third-order valence-corrected chi connectivity index (χ3v) is 4.84. The molecule has 3 aliphatic rings. The van der Waals surface area contributed by atoms with E-state index in [1.165, 1.54) is 19.3 Å². The van der Waals surface area contributed by atoms with E-state index in [4.69, 9.17) is 0 Å². The van der Waals surface area contributed by atoms with Crippen molar-refractivity contribution in [3.8, 4) is 0 Å². The fraction of sp³-hybridized carbons (Fsp3) is 0.923. The molecule has 0 saturated heterocycles. The standard InChI is InChI=1S/C13H22N2O/c1-2-14-10(16)5-6-15-13-11-8-3-4-9(7-8)12(11)13/h8-9,11-13,15H,2-7H2,1H3,(H,14,16). The Bertz CT molecular complexity index is 276. The molecule has 3 nitrogen and oxygen atoms in total. The summed E-state index contributed by atoms with van der Waals surface area (Å²) in [5.41, 5.74) is 0. The minimum atomic E-state index is 0.184. The average Bonchev–Trinajstić information content (AvgIpc) is 2.69. The Kier molecular flexibility index (Phi) is 2.66. The van der Waals surface area contributed by atoms with Crippen LogP contribution in [0.1, 0.15) is 32.6 Å². The molecule has 0 aromatic rings. The molecule has 3 aliphatic carbocycles. The first kappa shape index (κ1) is 10.6. The number of hydrogen-bond acceptors (Lipinski definition) is 2.